The van der Waals surface area contributed by atoms with Crippen LogP contribution in [0.4, 0.5) is 4.39 Å². The summed E-state index contributed by atoms with van der Waals surface area (Å²) in [7, 11) is 0. The second-order valence-corrected chi connectivity index (χ2v) is 4.41. The minimum atomic E-state index is -0.348. The van der Waals surface area contributed by atoms with Crippen molar-refractivity contribution in [1.82, 2.24) is 5.32 Å². The van der Waals surface area contributed by atoms with E-state index in [4.69, 9.17) is 4.74 Å². The minimum Gasteiger partial charge on any atom is -0.454 e. The number of rotatable bonds is 5. The molecule has 3 heteroatoms. The molecule has 2 aromatic carbocycles. The lowest BCUT2D eigenvalue weighted by Crippen LogP contribution is -2.11. The lowest BCUT2D eigenvalue weighted by atomic mass is 10.1. The van der Waals surface area contributed by atoms with Crippen molar-refractivity contribution < 1.29 is 9.13 Å². The molecule has 0 spiro atoms. The van der Waals surface area contributed by atoms with Crippen LogP contribution < -0.4 is 10.1 Å². The van der Waals surface area contributed by atoms with Gasteiger partial charge < -0.3 is 10.1 Å². The van der Waals surface area contributed by atoms with Crippen molar-refractivity contribution in [3.05, 3.63) is 59.4 Å². The summed E-state index contributed by atoms with van der Waals surface area (Å²) < 4.78 is 19.1. The van der Waals surface area contributed by atoms with Crippen LogP contribution in [0.15, 0.2) is 42.5 Å². The normalized spacial score (nSPS) is 10.5. The van der Waals surface area contributed by atoms with Crippen molar-refractivity contribution >= 4 is 0 Å². The number of benzene rings is 2. The number of aryl methyl sites for hydroxylation is 1. The van der Waals surface area contributed by atoms with E-state index in [9.17, 15) is 4.39 Å². The Hall–Kier alpha value is -1.87. The monoisotopic (exact) mass is 259 g/mol. The van der Waals surface area contributed by atoms with E-state index in [0.29, 0.717) is 5.75 Å². The topological polar surface area (TPSA) is 21.3 Å². The summed E-state index contributed by atoms with van der Waals surface area (Å²) in [6.45, 7) is 5.80. The van der Waals surface area contributed by atoms with E-state index in [1.165, 1.54) is 11.6 Å². The summed E-state index contributed by atoms with van der Waals surface area (Å²) in [5.74, 6) is 0.592. The van der Waals surface area contributed by atoms with Crippen LogP contribution in [0.2, 0.25) is 0 Å². The van der Waals surface area contributed by atoms with Crippen LogP contribution in [0.3, 0.4) is 0 Å². The maximum atomic E-state index is 13.5. The second-order valence-electron chi connectivity index (χ2n) is 4.41. The average Bonchev–Trinajstić information content (AvgIpc) is 2.41. The molecule has 2 rings (SSSR count). The van der Waals surface area contributed by atoms with Gasteiger partial charge in [0.2, 0.25) is 0 Å². The van der Waals surface area contributed by atoms with Crippen LogP contribution in [0.5, 0.6) is 11.5 Å². The first-order valence-electron chi connectivity index (χ1n) is 6.43. The van der Waals surface area contributed by atoms with Gasteiger partial charge in [0, 0.05) is 6.54 Å². The van der Waals surface area contributed by atoms with E-state index in [0.717, 1.165) is 18.7 Å². The number of halogens is 1. The minimum absolute atomic E-state index is 0.255. The van der Waals surface area contributed by atoms with Gasteiger partial charge >= 0.3 is 0 Å². The van der Waals surface area contributed by atoms with Gasteiger partial charge in [-0.2, -0.15) is 0 Å². The van der Waals surface area contributed by atoms with Crippen molar-refractivity contribution in [3.63, 3.8) is 0 Å². The van der Waals surface area contributed by atoms with Gasteiger partial charge in [-0.1, -0.05) is 31.2 Å². The smallest absolute Gasteiger partial charge is 0.165 e. The maximum Gasteiger partial charge on any atom is 0.165 e. The Morgan fingerprint density at radius 1 is 1.11 bits per heavy atom. The fourth-order valence-electron chi connectivity index (χ4n) is 1.85. The summed E-state index contributed by atoms with van der Waals surface area (Å²) in [4.78, 5) is 0. The van der Waals surface area contributed by atoms with E-state index in [-0.39, 0.29) is 11.6 Å². The molecule has 0 atom stereocenters. The highest BCUT2D eigenvalue weighted by atomic mass is 19.1. The first-order valence-corrected chi connectivity index (χ1v) is 6.43. The van der Waals surface area contributed by atoms with E-state index in [1.807, 2.05) is 19.1 Å². The highest BCUT2D eigenvalue weighted by Crippen LogP contribution is 2.27. The molecule has 0 bridgehead atoms. The van der Waals surface area contributed by atoms with E-state index in [1.54, 1.807) is 18.2 Å². The standard InChI is InChI=1S/C16H18FNO/c1-3-18-11-13-8-9-15(12(2)10-13)19-16-7-5-4-6-14(16)17/h4-10,18H,3,11H2,1-2H3. The highest BCUT2D eigenvalue weighted by Gasteiger charge is 2.06. The molecule has 0 saturated carbocycles. The van der Waals surface area contributed by atoms with Crippen LogP contribution in [0.1, 0.15) is 18.1 Å². The second kappa shape index (κ2) is 6.34. The van der Waals surface area contributed by atoms with Crippen LogP contribution in [0, 0.1) is 12.7 Å². The number of ether oxygens (including phenoxy) is 1. The van der Waals surface area contributed by atoms with Crippen molar-refractivity contribution in [2.24, 2.45) is 0 Å². The van der Waals surface area contributed by atoms with Crippen LogP contribution in [-0.4, -0.2) is 6.54 Å². The van der Waals surface area contributed by atoms with Crippen LogP contribution >= 0.6 is 0 Å². The zero-order valence-corrected chi connectivity index (χ0v) is 11.2. The highest BCUT2D eigenvalue weighted by molar-refractivity contribution is 5.40. The third-order valence-corrected chi connectivity index (χ3v) is 2.88. The molecule has 0 aliphatic heterocycles. The molecule has 0 unspecified atom stereocenters. The third kappa shape index (κ3) is 3.55. The molecule has 0 aromatic heterocycles. The molecule has 19 heavy (non-hydrogen) atoms. The fraction of sp³-hybridized carbons (Fsp3) is 0.250. The number of hydrogen-bond donors (Lipinski definition) is 1. The molecular weight excluding hydrogens is 241 g/mol. The molecule has 0 saturated heterocycles. The average molecular weight is 259 g/mol. The molecule has 0 radical (unpaired) electrons. The Morgan fingerprint density at radius 3 is 2.58 bits per heavy atom. The Balaban J connectivity index is 2.15. The Morgan fingerprint density at radius 2 is 1.89 bits per heavy atom. The first-order chi connectivity index (χ1) is 9.20. The summed E-state index contributed by atoms with van der Waals surface area (Å²) in [5, 5.41) is 3.27. The molecule has 0 aliphatic rings. The van der Waals surface area contributed by atoms with Crippen molar-refractivity contribution in [2.75, 3.05) is 6.54 Å². The van der Waals surface area contributed by atoms with E-state index in [2.05, 4.69) is 18.3 Å². The molecule has 0 fully saturated rings. The summed E-state index contributed by atoms with van der Waals surface area (Å²) in [6, 6.07) is 12.4. The van der Waals surface area contributed by atoms with Crippen molar-refractivity contribution in [3.8, 4) is 11.5 Å². The largest absolute Gasteiger partial charge is 0.454 e. The molecule has 1 N–H and O–H groups in total. The van der Waals surface area contributed by atoms with Gasteiger partial charge in [-0.25, -0.2) is 4.39 Å². The molecule has 0 heterocycles. The summed E-state index contributed by atoms with van der Waals surface area (Å²) in [6.07, 6.45) is 0. The third-order valence-electron chi connectivity index (χ3n) is 2.88. The first kappa shape index (κ1) is 13.6. The van der Waals surface area contributed by atoms with Gasteiger partial charge in [-0.15, -0.1) is 0 Å². The van der Waals surface area contributed by atoms with Crippen LogP contribution in [-0.2, 0) is 6.54 Å². The van der Waals surface area contributed by atoms with Gasteiger partial charge in [0.25, 0.3) is 0 Å². The van der Waals surface area contributed by atoms with Crippen LogP contribution in [0.25, 0.3) is 0 Å². The van der Waals surface area contributed by atoms with Gasteiger partial charge in [0.1, 0.15) is 5.75 Å². The predicted molar refractivity (Wildman–Crippen MR) is 75.0 cm³/mol. The van der Waals surface area contributed by atoms with Crippen molar-refractivity contribution in [1.29, 1.82) is 0 Å². The summed E-state index contributed by atoms with van der Waals surface area (Å²) in [5.41, 5.74) is 2.19. The van der Waals surface area contributed by atoms with Gasteiger partial charge in [0.05, 0.1) is 0 Å². The van der Waals surface area contributed by atoms with Gasteiger partial charge in [0.15, 0.2) is 11.6 Å². The maximum absolute atomic E-state index is 13.5. The van der Waals surface area contributed by atoms with E-state index >= 15 is 0 Å². The quantitative estimate of drug-likeness (QED) is 0.875. The molecule has 2 aromatic rings. The number of nitrogens with one attached hydrogen (secondary N) is 1. The molecular formula is C16H18FNO. The Bertz CT molecular complexity index is 554. The summed E-state index contributed by atoms with van der Waals surface area (Å²) >= 11 is 0. The zero-order valence-electron chi connectivity index (χ0n) is 11.2. The number of hydrogen-bond acceptors (Lipinski definition) is 2. The van der Waals surface area contributed by atoms with Gasteiger partial charge in [-0.3, -0.25) is 0 Å². The Kier molecular flexibility index (Phi) is 4.53. The molecule has 0 aliphatic carbocycles. The molecule has 100 valence electrons. The molecule has 0 amide bonds. The molecule has 2 nitrogen and oxygen atoms in total. The van der Waals surface area contributed by atoms with Gasteiger partial charge in [-0.05, 0) is 42.8 Å². The SMILES string of the molecule is CCNCc1ccc(Oc2ccccc2F)c(C)c1. The fourth-order valence-corrected chi connectivity index (χ4v) is 1.85. The van der Waals surface area contributed by atoms with E-state index < -0.39 is 0 Å². The lowest BCUT2D eigenvalue weighted by molar-refractivity contribution is 0.439. The zero-order chi connectivity index (χ0) is 13.7. The lowest BCUT2D eigenvalue weighted by Gasteiger charge is -2.11. The predicted octanol–water partition coefficient (Wildman–Crippen LogP) is 4.04. The Labute approximate surface area is 113 Å². The van der Waals surface area contributed by atoms with Crippen molar-refractivity contribution in [2.45, 2.75) is 20.4 Å². The number of para-hydroxylation sites is 1.